The van der Waals surface area contributed by atoms with Crippen molar-refractivity contribution in [1.29, 1.82) is 0 Å². The summed E-state index contributed by atoms with van der Waals surface area (Å²) in [5, 5.41) is 12.7. The topological polar surface area (TPSA) is 41.5 Å². The van der Waals surface area contributed by atoms with Gasteiger partial charge in [-0.05, 0) is 24.8 Å². The molecule has 0 radical (unpaired) electrons. The van der Waals surface area contributed by atoms with E-state index in [1.165, 1.54) is 25.7 Å². The molecule has 90 valence electrons. The molecule has 1 unspecified atom stereocenters. The van der Waals surface area contributed by atoms with Crippen molar-refractivity contribution in [2.45, 2.75) is 32.1 Å². The lowest BCUT2D eigenvalue weighted by molar-refractivity contribution is 0.164. The minimum absolute atomic E-state index is 0.358. The van der Waals surface area contributed by atoms with Crippen LogP contribution in [0.2, 0.25) is 0 Å². The monoisotopic (exact) mass is 215 g/mol. The van der Waals surface area contributed by atoms with E-state index in [1.54, 1.807) is 7.11 Å². The molecule has 1 rings (SSSR count). The van der Waals surface area contributed by atoms with Crippen LogP contribution in [0, 0.1) is 11.8 Å². The highest BCUT2D eigenvalue weighted by atomic mass is 16.5. The van der Waals surface area contributed by atoms with Gasteiger partial charge in [-0.15, -0.1) is 0 Å². The highest BCUT2D eigenvalue weighted by molar-refractivity contribution is 4.75. The van der Waals surface area contributed by atoms with Crippen LogP contribution < -0.4 is 5.32 Å². The maximum atomic E-state index is 9.34. The quantitative estimate of drug-likeness (QED) is 0.602. The number of aliphatic hydroxyl groups is 1. The first kappa shape index (κ1) is 12.9. The number of ether oxygens (including phenoxy) is 1. The zero-order chi connectivity index (χ0) is 10.9. The molecule has 3 heteroatoms. The van der Waals surface area contributed by atoms with Crippen molar-refractivity contribution in [2.24, 2.45) is 11.8 Å². The van der Waals surface area contributed by atoms with E-state index in [2.05, 4.69) is 5.32 Å². The summed E-state index contributed by atoms with van der Waals surface area (Å²) in [6.45, 7) is 3.05. The molecule has 3 nitrogen and oxygen atoms in total. The Bertz CT molecular complexity index is 147. The van der Waals surface area contributed by atoms with Crippen LogP contribution in [0.15, 0.2) is 0 Å². The van der Waals surface area contributed by atoms with E-state index >= 15 is 0 Å². The third-order valence-electron chi connectivity index (χ3n) is 3.48. The van der Waals surface area contributed by atoms with Gasteiger partial charge in [0.2, 0.25) is 0 Å². The second-order valence-electron chi connectivity index (χ2n) is 4.52. The van der Waals surface area contributed by atoms with Gasteiger partial charge in [0, 0.05) is 20.3 Å². The van der Waals surface area contributed by atoms with Gasteiger partial charge in [-0.3, -0.25) is 0 Å². The Kier molecular flexibility index (Phi) is 6.98. The van der Waals surface area contributed by atoms with E-state index in [0.29, 0.717) is 12.5 Å². The predicted octanol–water partition coefficient (Wildman–Crippen LogP) is 1.41. The third-order valence-corrected chi connectivity index (χ3v) is 3.48. The summed E-state index contributed by atoms with van der Waals surface area (Å²) in [7, 11) is 1.72. The van der Waals surface area contributed by atoms with Crippen molar-refractivity contribution in [3.05, 3.63) is 0 Å². The lowest BCUT2D eigenvalue weighted by Gasteiger charge is -2.21. The minimum Gasteiger partial charge on any atom is -0.396 e. The van der Waals surface area contributed by atoms with E-state index < -0.39 is 0 Å². The van der Waals surface area contributed by atoms with Crippen LogP contribution in [0.4, 0.5) is 0 Å². The van der Waals surface area contributed by atoms with Crippen molar-refractivity contribution in [3.63, 3.8) is 0 Å². The van der Waals surface area contributed by atoms with Gasteiger partial charge in [0.15, 0.2) is 0 Å². The van der Waals surface area contributed by atoms with Crippen molar-refractivity contribution in [2.75, 3.05) is 33.4 Å². The van der Waals surface area contributed by atoms with Gasteiger partial charge >= 0.3 is 0 Å². The zero-order valence-corrected chi connectivity index (χ0v) is 9.87. The second kappa shape index (κ2) is 8.08. The summed E-state index contributed by atoms with van der Waals surface area (Å²) in [5.74, 6) is 1.29. The van der Waals surface area contributed by atoms with Crippen LogP contribution in [0.1, 0.15) is 32.1 Å². The second-order valence-corrected chi connectivity index (χ2v) is 4.52. The first-order chi connectivity index (χ1) is 7.38. The summed E-state index contributed by atoms with van der Waals surface area (Å²) < 4.78 is 4.96. The Labute approximate surface area is 93.2 Å². The van der Waals surface area contributed by atoms with Gasteiger partial charge in [0.05, 0.1) is 6.61 Å². The van der Waals surface area contributed by atoms with Crippen LogP contribution in [0.5, 0.6) is 0 Å². The normalized spacial score (nSPS) is 19.6. The fourth-order valence-corrected chi connectivity index (χ4v) is 2.49. The van der Waals surface area contributed by atoms with Crippen LogP contribution >= 0.6 is 0 Å². The maximum absolute atomic E-state index is 9.34. The van der Waals surface area contributed by atoms with Crippen LogP contribution in [-0.4, -0.2) is 38.5 Å². The molecule has 2 N–H and O–H groups in total. The molecular weight excluding hydrogens is 190 g/mol. The molecule has 0 spiro atoms. The number of hydrogen-bond acceptors (Lipinski definition) is 3. The number of aliphatic hydroxyl groups excluding tert-OH is 1. The summed E-state index contributed by atoms with van der Waals surface area (Å²) in [4.78, 5) is 0. The Morgan fingerprint density at radius 2 is 2.07 bits per heavy atom. The van der Waals surface area contributed by atoms with E-state index in [-0.39, 0.29) is 0 Å². The number of hydrogen-bond donors (Lipinski definition) is 2. The zero-order valence-electron chi connectivity index (χ0n) is 9.87. The molecule has 15 heavy (non-hydrogen) atoms. The molecule has 0 aliphatic heterocycles. The lowest BCUT2D eigenvalue weighted by atomic mass is 9.89. The summed E-state index contributed by atoms with van der Waals surface area (Å²) in [6, 6.07) is 0. The molecule has 0 aromatic heterocycles. The Hall–Kier alpha value is -0.120. The highest BCUT2D eigenvalue weighted by Gasteiger charge is 2.23. The van der Waals surface area contributed by atoms with Crippen molar-refractivity contribution in [1.82, 2.24) is 5.32 Å². The summed E-state index contributed by atoms with van der Waals surface area (Å²) in [6.07, 6.45) is 6.47. The number of rotatable bonds is 8. The molecule has 0 heterocycles. The van der Waals surface area contributed by atoms with E-state index in [1.807, 2.05) is 0 Å². The molecule has 0 aromatic carbocycles. The minimum atomic E-state index is 0.358. The van der Waals surface area contributed by atoms with Gasteiger partial charge in [-0.2, -0.15) is 0 Å². The summed E-state index contributed by atoms with van der Waals surface area (Å²) in [5.41, 5.74) is 0. The highest BCUT2D eigenvalue weighted by Crippen LogP contribution is 2.32. The first-order valence-electron chi connectivity index (χ1n) is 6.19. The van der Waals surface area contributed by atoms with Gasteiger partial charge in [-0.1, -0.05) is 25.7 Å². The van der Waals surface area contributed by atoms with Crippen molar-refractivity contribution < 1.29 is 9.84 Å². The van der Waals surface area contributed by atoms with Gasteiger partial charge in [-0.25, -0.2) is 0 Å². The first-order valence-corrected chi connectivity index (χ1v) is 6.19. The van der Waals surface area contributed by atoms with E-state index in [4.69, 9.17) is 4.74 Å². The molecule has 1 aliphatic rings. The average Bonchev–Trinajstić information content (AvgIpc) is 2.77. The smallest absolute Gasteiger partial charge is 0.0587 e. The molecule has 0 bridgehead atoms. The SMILES string of the molecule is COCCNCCC(CO)C1CCCC1. The Balaban J connectivity index is 2.05. The van der Waals surface area contributed by atoms with Gasteiger partial charge in [0.25, 0.3) is 0 Å². The molecule has 0 aromatic rings. The largest absolute Gasteiger partial charge is 0.396 e. The molecule has 1 aliphatic carbocycles. The Morgan fingerprint density at radius 1 is 1.33 bits per heavy atom. The predicted molar refractivity (Wildman–Crippen MR) is 61.9 cm³/mol. The molecule has 1 atom stereocenters. The number of nitrogens with one attached hydrogen (secondary N) is 1. The third kappa shape index (κ3) is 4.96. The number of methoxy groups -OCH3 is 1. The molecule has 0 amide bonds. The van der Waals surface area contributed by atoms with Crippen molar-refractivity contribution in [3.8, 4) is 0 Å². The van der Waals surface area contributed by atoms with Crippen LogP contribution in [0.25, 0.3) is 0 Å². The fraction of sp³-hybridized carbons (Fsp3) is 1.00. The van der Waals surface area contributed by atoms with Crippen LogP contribution in [0.3, 0.4) is 0 Å². The fourth-order valence-electron chi connectivity index (χ4n) is 2.49. The lowest BCUT2D eigenvalue weighted by Crippen LogP contribution is -2.25. The van der Waals surface area contributed by atoms with Crippen LogP contribution in [-0.2, 0) is 4.74 Å². The van der Waals surface area contributed by atoms with Crippen molar-refractivity contribution >= 4 is 0 Å². The molecule has 0 saturated heterocycles. The standard InChI is InChI=1S/C12H25NO2/c1-15-9-8-13-7-6-12(10-14)11-4-2-3-5-11/h11-14H,2-10H2,1H3. The summed E-state index contributed by atoms with van der Waals surface area (Å²) >= 11 is 0. The van der Waals surface area contributed by atoms with E-state index in [9.17, 15) is 5.11 Å². The van der Waals surface area contributed by atoms with Gasteiger partial charge in [0.1, 0.15) is 0 Å². The van der Waals surface area contributed by atoms with E-state index in [0.717, 1.165) is 32.0 Å². The Morgan fingerprint density at radius 3 is 2.67 bits per heavy atom. The maximum Gasteiger partial charge on any atom is 0.0587 e. The molecule has 1 fully saturated rings. The van der Waals surface area contributed by atoms with Gasteiger partial charge < -0.3 is 15.2 Å². The average molecular weight is 215 g/mol. The molecule has 1 saturated carbocycles. The molecular formula is C12H25NO2.